The minimum absolute atomic E-state index is 0.0226. The Morgan fingerprint density at radius 2 is 2.00 bits per heavy atom. The van der Waals surface area contributed by atoms with Crippen LogP contribution in [-0.4, -0.2) is 18.8 Å². The number of hydrogen-bond donors (Lipinski definition) is 1. The van der Waals surface area contributed by atoms with Crippen molar-refractivity contribution in [3.05, 3.63) is 29.8 Å². The molecule has 2 rings (SSSR count). The first kappa shape index (κ1) is 12.4. The maximum absolute atomic E-state index is 6.19. The summed E-state index contributed by atoms with van der Waals surface area (Å²) in [6, 6.07) is 7.99. The van der Waals surface area contributed by atoms with Crippen LogP contribution in [0.3, 0.4) is 0 Å². The summed E-state index contributed by atoms with van der Waals surface area (Å²) >= 11 is 0. The van der Waals surface area contributed by atoms with Crippen LogP contribution in [0, 0.1) is 0 Å². The lowest BCUT2D eigenvalue weighted by Crippen LogP contribution is -2.25. The van der Waals surface area contributed by atoms with Crippen LogP contribution >= 0.6 is 0 Å². The molecule has 0 radical (unpaired) electrons. The van der Waals surface area contributed by atoms with Crippen molar-refractivity contribution in [2.45, 2.75) is 44.9 Å². The molecular weight excluding hydrogens is 214 g/mol. The highest BCUT2D eigenvalue weighted by atomic mass is 16.5. The van der Waals surface area contributed by atoms with E-state index in [0.717, 1.165) is 30.8 Å². The zero-order chi connectivity index (χ0) is 12.3. The van der Waals surface area contributed by atoms with Crippen LogP contribution in [-0.2, 0) is 4.74 Å². The summed E-state index contributed by atoms with van der Waals surface area (Å²) in [6.07, 6.45) is 2.55. The maximum Gasteiger partial charge on any atom is 0.119 e. The van der Waals surface area contributed by atoms with Gasteiger partial charge in [0.2, 0.25) is 0 Å². The summed E-state index contributed by atoms with van der Waals surface area (Å²) in [6.45, 7) is 4.88. The summed E-state index contributed by atoms with van der Waals surface area (Å²) < 4.78 is 11.2. The predicted molar refractivity (Wildman–Crippen MR) is 68.1 cm³/mol. The van der Waals surface area contributed by atoms with Gasteiger partial charge >= 0.3 is 0 Å². The number of benzene rings is 1. The monoisotopic (exact) mass is 235 g/mol. The van der Waals surface area contributed by atoms with Crippen molar-refractivity contribution in [3.8, 4) is 5.75 Å². The predicted octanol–water partition coefficient (Wildman–Crippen LogP) is 2.65. The Kier molecular flexibility index (Phi) is 4.02. The van der Waals surface area contributed by atoms with Gasteiger partial charge in [-0.1, -0.05) is 12.1 Å². The van der Waals surface area contributed by atoms with Crippen LogP contribution in [0.1, 0.15) is 38.3 Å². The molecule has 0 aliphatic carbocycles. The first-order valence-corrected chi connectivity index (χ1v) is 6.30. The van der Waals surface area contributed by atoms with Crippen molar-refractivity contribution in [2.75, 3.05) is 6.61 Å². The second-order valence-corrected chi connectivity index (χ2v) is 4.81. The molecule has 0 bridgehead atoms. The zero-order valence-electron chi connectivity index (χ0n) is 10.6. The van der Waals surface area contributed by atoms with E-state index in [-0.39, 0.29) is 18.2 Å². The lowest BCUT2D eigenvalue weighted by atomic mass is 10.0. The van der Waals surface area contributed by atoms with Crippen molar-refractivity contribution < 1.29 is 9.47 Å². The molecule has 1 heterocycles. The quantitative estimate of drug-likeness (QED) is 0.872. The first-order valence-electron chi connectivity index (χ1n) is 6.30. The molecule has 0 spiro atoms. The normalized spacial score (nSPS) is 21.8. The van der Waals surface area contributed by atoms with Crippen LogP contribution in [0.15, 0.2) is 24.3 Å². The van der Waals surface area contributed by atoms with Crippen LogP contribution in [0.2, 0.25) is 0 Å². The largest absolute Gasteiger partial charge is 0.491 e. The van der Waals surface area contributed by atoms with E-state index in [4.69, 9.17) is 15.2 Å². The van der Waals surface area contributed by atoms with E-state index in [2.05, 4.69) is 0 Å². The van der Waals surface area contributed by atoms with Gasteiger partial charge in [0.25, 0.3) is 0 Å². The maximum atomic E-state index is 6.19. The molecule has 1 aliphatic rings. The molecule has 0 amide bonds. The van der Waals surface area contributed by atoms with Gasteiger partial charge in [0, 0.05) is 6.61 Å². The van der Waals surface area contributed by atoms with E-state index < -0.39 is 0 Å². The van der Waals surface area contributed by atoms with E-state index in [1.54, 1.807) is 0 Å². The third-order valence-corrected chi connectivity index (χ3v) is 3.00. The SMILES string of the molecule is CC(C)Oc1ccc(C(N)C2CCCO2)cc1. The molecule has 1 fully saturated rings. The average Bonchev–Trinajstić information content (AvgIpc) is 2.82. The third-order valence-electron chi connectivity index (χ3n) is 3.00. The fourth-order valence-electron chi connectivity index (χ4n) is 2.14. The Labute approximate surface area is 103 Å². The molecule has 1 aromatic carbocycles. The van der Waals surface area contributed by atoms with Gasteiger partial charge in [-0.2, -0.15) is 0 Å². The third kappa shape index (κ3) is 3.20. The molecule has 1 saturated heterocycles. The second kappa shape index (κ2) is 5.52. The van der Waals surface area contributed by atoms with Gasteiger partial charge in [-0.25, -0.2) is 0 Å². The highest BCUT2D eigenvalue weighted by molar-refractivity contribution is 5.29. The Hall–Kier alpha value is -1.06. The molecule has 3 nitrogen and oxygen atoms in total. The van der Waals surface area contributed by atoms with Gasteiger partial charge in [0.1, 0.15) is 5.75 Å². The summed E-state index contributed by atoms with van der Waals surface area (Å²) in [5, 5.41) is 0. The van der Waals surface area contributed by atoms with Crippen molar-refractivity contribution in [1.29, 1.82) is 0 Å². The van der Waals surface area contributed by atoms with Gasteiger partial charge in [-0.15, -0.1) is 0 Å². The standard InChI is InChI=1S/C14H21NO2/c1-10(2)17-12-7-5-11(6-8-12)14(15)13-4-3-9-16-13/h5-8,10,13-14H,3-4,9,15H2,1-2H3. The Morgan fingerprint density at radius 1 is 1.29 bits per heavy atom. The minimum atomic E-state index is -0.0226. The molecule has 17 heavy (non-hydrogen) atoms. The highest BCUT2D eigenvalue weighted by Crippen LogP contribution is 2.26. The molecule has 3 heteroatoms. The lowest BCUT2D eigenvalue weighted by Gasteiger charge is -2.19. The summed E-state index contributed by atoms with van der Waals surface area (Å²) in [7, 11) is 0. The summed E-state index contributed by atoms with van der Waals surface area (Å²) in [5.41, 5.74) is 7.30. The molecule has 2 N–H and O–H groups in total. The second-order valence-electron chi connectivity index (χ2n) is 4.81. The van der Waals surface area contributed by atoms with Crippen LogP contribution in [0.25, 0.3) is 0 Å². The van der Waals surface area contributed by atoms with E-state index in [9.17, 15) is 0 Å². The molecule has 0 aromatic heterocycles. The van der Waals surface area contributed by atoms with Crippen molar-refractivity contribution >= 4 is 0 Å². The van der Waals surface area contributed by atoms with E-state index >= 15 is 0 Å². The molecule has 2 atom stereocenters. The molecule has 2 unspecified atom stereocenters. The Bertz CT molecular complexity index is 342. The summed E-state index contributed by atoms with van der Waals surface area (Å²) in [4.78, 5) is 0. The van der Waals surface area contributed by atoms with Crippen molar-refractivity contribution in [2.24, 2.45) is 5.73 Å². The molecule has 1 aromatic rings. The van der Waals surface area contributed by atoms with E-state index in [0.29, 0.717) is 0 Å². The van der Waals surface area contributed by atoms with Crippen LogP contribution in [0.5, 0.6) is 5.75 Å². The fraction of sp³-hybridized carbons (Fsp3) is 0.571. The van der Waals surface area contributed by atoms with Gasteiger partial charge < -0.3 is 15.2 Å². The summed E-state index contributed by atoms with van der Waals surface area (Å²) in [5.74, 6) is 0.892. The van der Waals surface area contributed by atoms with E-state index in [1.165, 1.54) is 0 Å². The molecule has 0 saturated carbocycles. The smallest absolute Gasteiger partial charge is 0.119 e. The van der Waals surface area contributed by atoms with Crippen LogP contribution < -0.4 is 10.5 Å². The van der Waals surface area contributed by atoms with Gasteiger partial charge in [0.15, 0.2) is 0 Å². The topological polar surface area (TPSA) is 44.5 Å². The minimum Gasteiger partial charge on any atom is -0.491 e. The number of nitrogens with two attached hydrogens (primary N) is 1. The number of rotatable bonds is 4. The number of hydrogen-bond acceptors (Lipinski definition) is 3. The van der Waals surface area contributed by atoms with Crippen molar-refractivity contribution in [1.82, 2.24) is 0 Å². The number of ether oxygens (including phenoxy) is 2. The zero-order valence-corrected chi connectivity index (χ0v) is 10.6. The molecular formula is C14H21NO2. The van der Waals surface area contributed by atoms with Gasteiger partial charge in [0.05, 0.1) is 18.2 Å². The Balaban J connectivity index is 2.01. The van der Waals surface area contributed by atoms with Gasteiger partial charge in [-0.05, 0) is 44.4 Å². The Morgan fingerprint density at radius 3 is 2.53 bits per heavy atom. The van der Waals surface area contributed by atoms with Crippen LogP contribution in [0.4, 0.5) is 0 Å². The van der Waals surface area contributed by atoms with Gasteiger partial charge in [-0.3, -0.25) is 0 Å². The highest BCUT2D eigenvalue weighted by Gasteiger charge is 2.23. The molecule has 94 valence electrons. The molecule has 1 aliphatic heterocycles. The van der Waals surface area contributed by atoms with Crippen molar-refractivity contribution in [3.63, 3.8) is 0 Å². The lowest BCUT2D eigenvalue weighted by molar-refractivity contribution is 0.0900. The average molecular weight is 235 g/mol. The first-order chi connectivity index (χ1) is 8.16. The fourth-order valence-corrected chi connectivity index (χ4v) is 2.14. The van der Waals surface area contributed by atoms with E-state index in [1.807, 2.05) is 38.1 Å².